The molecule has 5 aromatic rings. The fraction of sp³-hybridized carbons (Fsp3) is 0.472. The summed E-state index contributed by atoms with van der Waals surface area (Å²) in [6.07, 6.45) is 8.64. The molecule has 4 aliphatic rings. The fourth-order valence-corrected chi connectivity index (χ4v) is 12.0. The topological polar surface area (TPSA) is 87.1 Å². The first kappa shape index (κ1) is 42.4. The summed E-state index contributed by atoms with van der Waals surface area (Å²) in [5.74, 6) is 0.970. The lowest BCUT2D eigenvalue weighted by atomic mass is 9.64. The number of ketones is 1. The molecule has 1 amide bonds. The zero-order chi connectivity index (χ0) is 42.2. The Morgan fingerprint density at radius 3 is 2.48 bits per heavy atom. The second-order valence-corrected chi connectivity index (χ2v) is 20.3. The predicted molar refractivity (Wildman–Crippen MR) is 245 cm³/mol. The minimum absolute atomic E-state index is 0.0225. The van der Waals surface area contributed by atoms with E-state index in [9.17, 15) is 19.8 Å². The highest BCUT2D eigenvalue weighted by Crippen LogP contribution is 2.59. The molecule has 2 fully saturated rings. The lowest BCUT2D eigenvalue weighted by Crippen LogP contribution is -2.54. The Labute approximate surface area is 360 Å². The van der Waals surface area contributed by atoms with Crippen molar-refractivity contribution in [2.75, 3.05) is 6.54 Å². The molecule has 7 unspecified atom stereocenters. The van der Waals surface area contributed by atoms with Crippen molar-refractivity contribution in [3.63, 3.8) is 0 Å². The third-order valence-electron chi connectivity index (χ3n) is 14.7. The van der Waals surface area contributed by atoms with Gasteiger partial charge in [0.25, 0.3) is 0 Å². The maximum absolute atomic E-state index is 14.9. The first-order valence-electron chi connectivity index (χ1n) is 22.5. The summed E-state index contributed by atoms with van der Waals surface area (Å²) in [6, 6.07) is 30.8. The van der Waals surface area contributed by atoms with Crippen molar-refractivity contribution in [1.82, 2.24) is 4.90 Å². The van der Waals surface area contributed by atoms with Crippen LogP contribution in [-0.4, -0.2) is 51.3 Å². The van der Waals surface area contributed by atoms with Gasteiger partial charge in [-0.15, -0.1) is 11.3 Å². The summed E-state index contributed by atoms with van der Waals surface area (Å²) < 4.78 is 7.68. The summed E-state index contributed by atoms with van der Waals surface area (Å²) in [5, 5.41) is 27.8. The number of nitrogens with zero attached hydrogens (tertiary/aromatic N) is 1. The van der Waals surface area contributed by atoms with Gasteiger partial charge in [-0.2, -0.15) is 0 Å². The van der Waals surface area contributed by atoms with Gasteiger partial charge in [0.2, 0.25) is 5.78 Å². The minimum atomic E-state index is -1.29. The lowest BCUT2D eigenvalue weighted by molar-refractivity contribution is -0.0875. The molecule has 0 spiro atoms. The number of hydrogen-bond acceptors (Lipinski definition) is 6. The molecular formula is C53H63NO5S. The molecule has 0 aliphatic heterocycles. The van der Waals surface area contributed by atoms with E-state index in [0.29, 0.717) is 60.9 Å². The van der Waals surface area contributed by atoms with Gasteiger partial charge in [-0.05, 0) is 139 Å². The minimum Gasteiger partial charge on any atom is -0.446 e. The standard InChI is InChI=1S/C53H63NO5S/c1-34(2)42-23-20-36(4)28-47(42)59-51(57)54(32-40-16-10-15-38-13-6-8-17-43(38)40)33-53(58)27-25-46-44-24-21-37(29-41(55)22-19-35(3)12-11-26-52(46,53)5)30-45(44)50(56)49-31-39-14-7-9-18-48(39)60-49/h6-10,12-18,21,24,30-31,34,36,41-42,46-47,55,58H,11,19-20,22-23,25-29,32-33H2,1-5H3. The molecule has 2 bridgehead atoms. The highest BCUT2D eigenvalue weighted by atomic mass is 32.1. The van der Waals surface area contributed by atoms with Crippen LogP contribution in [0.25, 0.3) is 20.9 Å². The molecule has 0 radical (unpaired) electrons. The van der Waals surface area contributed by atoms with E-state index in [1.165, 1.54) is 16.9 Å². The van der Waals surface area contributed by atoms with Crippen molar-refractivity contribution in [2.24, 2.45) is 23.2 Å². The maximum Gasteiger partial charge on any atom is 0.410 e. The zero-order valence-corrected chi connectivity index (χ0v) is 37.0. The van der Waals surface area contributed by atoms with E-state index >= 15 is 0 Å². The van der Waals surface area contributed by atoms with Crippen molar-refractivity contribution in [2.45, 2.75) is 129 Å². The number of benzene rings is 4. The Morgan fingerprint density at radius 1 is 0.917 bits per heavy atom. The largest absolute Gasteiger partial charge is 0.446 e. The van der Waals surface area contributed by atoms with Gasteiger partial charge < -0.3 is 19.8 Å². The second kappa shape index (κ2) is 17.6. The number of carbonyl (C=O) groups excluding carboxylic acids is 2. The SMILES string of the molecule is CC1=CCCC2(C)C(CCC2(O)CN(Cc2cccc3ccccc23)C(=O)OC2CC(C)CCC2C(C)C)c2ccc(cc2C(=O)c2cc3ccccc3s2)CC(O)CC1. The number of fused-ring (bicyclic) bond motifs is 10. The van der Waals surface area contributed by atoms with Crippen LogP contribution >= 0.6 is 11.3 Å². The van der Waals surface area contributed by atoms with Crippen molar-refractivity contribution in [3.05, 3.63) is 130 Å². The van der Waals surface area contributed by atoms with Crippen molar-refractivity contribution in [1.29, 1.82) is 0 Å². The Bertz CT molecular complexity index is 2340. The average Bonchev–Trinajstić information content (AvgIpc) is 3.77. The molecule has 7 heteroatoms. The van der Waals surface area contributed by atoms with Crippen LogP contribution in [0, 0.1) is 23.2 Å². The molecule has 0 saturated heterocycles. The lowest BCUT2D eigenvalue weighted by Gasteiger charge is -2.46. The molecule has 4 aliphatic carbocycles. The van der Waals surface area contributed by atoms with E-state index in [1.54, 1.807) is 4.90 Å². The molecule has 60 heavy (non-hydrogen) atoms. The number of allylic oxidation sites excluding steroid dienone is 2. The fourth-order valence-electron chi connectivity index (χ4n) is 11.0. The summed E-state index contributed by atoms with van der Waals surface area (Å²) in [4.78, 5) is 32.2. The van der Waals surface area contributed by atoms with Gasteiger partial charge in [-0.25, -0.2) is 4.79 Å². The zero-order valence-electron chi connectivity index (χ0n) is 36.2. The van der Waals surface area contributed by atoms with Crippen molar-refractivity contribution >= 4 is 44.1 Å². The van der Waals surface area contributed by atoms with Gasteiger partial charge >= 0.3 is 6.09 Å². The van der Waals surface area contributed by atoms with Crippen LogP contribution < -0.4 is 0 Å². The highest BCUT2D eigenvalue weighted by Gasteiger charge is 2.58. The van der Waals surface area contributed by atoms with Crippen molar-refractivity contribution in [3.8, 4) is 0 Å². The van der Waals surface area contributed by atoms with Crippen LogP contribution in [0.4, 0.5) is 4.79 Å². The van der Waals surface area contributed by atoms with Gasteiger partial charge in [0, 0.05) is 22.2 Å². The highest BCUT2D eigenvalue weighted by molar-refractivity contribution is 7.21. The smallest absolute Gasteiger partial charge is 0.410 e. The molecule has 1 heterocycles. The number of thiophene rings is 1. The van der Waals surface area contributed by atoms with Crippen LogP contribution in [0.1, 0.15) is 130 Å². The number of carbonyl (C=O) groups is 2. The van der Waals surface area contributed by atoms with E-state index in [4.69, 9.17) is 4.74 Å². The Morgan fingerprint density at radius 2 is 1.68 bits per heavy atom. The van der Waals surface area contributed by atoms with Gasteiger partial charge in [0.15, 0.2) is 0 Å². The Kier molecular flexibility index (Phi) is 12.4. The van der Waals surface area contributed by atoms with E-state index in [0.717, 1.165) is 69.7 Å². The van der Waals surface area contributed by atoms with Gasteiger partial charge in [0.1, 0.15) is 6.10 Å². The number of amides is 1. The number of aliphatic hydroxyl groups excluding tert-OH is 1. The van der Waals surface area contributed by atoms with E-state index in [2.05, 4.69) is 83.2 Å². The molecule has 6 nitrogen and oxygen atoms in total. The van der Waals surface area contributed by atoms with Gasteiger partial charge in [0.05, 0.1) is 23.1 Å². The molecule has 2 N–H and O–H groups in total. The van der Waals surface area contributed by atoms with Crippen molar-refractivity contribution < 1.29 is 24.5 Å². The monoisotopic (exact) mass is 825 g/mol. The van der Waals surface area contributed by atoms with E-state index < -0.39 is 17.1 Å². The van der Waals surface area contributed by atoms with Crippen LogP contribution in [0.3, 0.4) is 0 Å². The molecule has 7 atom stereocenters. The van der Waals surface area contributed by atoms with Crippen LogP contribution in [-0.2, 0) is 17.7 Å². The molecule has 2 saturated carbocycles. The third kappa shape index (κ3) is 8.60. The third-order valence-corrected chi connectivity index (χ3v) is 15.8. The van der Waals surface area contributed by atoms with Crippen LogP contribution in [0.15, 0.2) is 103 Å². The Balaban J connectivity index is 1.20. The molecule has 9 rings (SSSR count). The summed E-state index contributed by atoms with van der Waals surface area (Å²) in [5.41, 5.74) is 2.77. The van der Waals surface area contributed by atoms with Gasteiger partial charge in [-0.1, -0.05) is 119 Å². The number of rotatable bonds is 8. The first-order chi connectivity index (χ1) is 28.8. The molecular weight excluding hydrogens is 763 g/mol. The van der Waals surface area contributed by atoms with Gasteiger partial charge in [-0.3, -0.25) is 4.79 Å². The molecule has 1 aromatic heterocycles. The van der Waals surface area contributed by atoms with Crippen LogP contribution in [0.2, 0.25) is 0 Å². The summed E-state index contributed by atoms with van der Waals surface area (Å²) in [6.45, 7) is 11.5. The normalized spacial score (nSPS) is 27.4. The summed E-state index contributed by atoms with van der Waals surface area (Å²) >= 11 is 1.51. The first-order valence-corrected chi connectivity index (χ1v) is 23.3. The Hall–Kier alpha value is -4.30. The average molecular weight is 826 g/mol. The predicted octanol–water partition coefficient (Wildman–Crippen LogP) is 12.4. The molecule has 316 valence electrons. The summed E-state index contributed by atoms with van der Waals surface area (Å²) in [7, 11) is 0. The number of aliphatic hydroxyl groups is 2. The van der Waals surface area contributed by atoms with Crippen LogP contribution in [0.5, 0.6) is 0 Å². The molecule has 4 aromatic carbocycles. The number of ether oxygens (including phenoxy) is 1. The maximum atomic E-state index is 14.9. The van der Waals surface area contributed by atoms with E-state index in [-0.39, 0.29) is 36.4 Å². The van der Waals surface area contributed by atoms with E-state index in [1.807, 2.05) is 48.5 Å². The quantitative estimate of drug-likeness (QED) is 0.120. The number of hydrogen-bond donors (Lipinski definition) is 2. The second-order valence-electron chi connectivity index (χ2n) is 19.2.